The number of rotatable bonds is 8. The van der Waals surface area contributed by atoms with Crippen molar-refractivity contribution in [2.45, 2.75) is 33.1 Å². The number of hydrogen-bond donors (Lipinski definition) is 1. The van der Waals surface area contributed by atoms with Gasteiger partial charge in [-0.2, -0.15) is 0 Å². The molecule has 4 aromatic rings. The predicted octanol–water partition coefficient (Wildman–Crippen LogP) is 7.56. The van der Waals surface area contributed by atoms with E-state index in [1.54, 1.807) is 30.3 Å². The molecule has 1 aliphatic rings. The molecule has 0 aliphatic carbocycles. The normalized spacial score (nSPS) is 15.4. The molecule has 1 N–H and O–H groups in total. The number of aryl methyl sites for hydroxylation is 2. The number of benzene rings is 3. The lowest BCUT2D eigenvalue weighted by molar-refractivity contribution is 0.218. The number of hydrogen-bond acceptors (Lipinski definition) is 6. The lowest BCUT2D eigenvalue weighted by Gasteiger charge is -2.22. The lowest BCUT2D eigenvalue weighted by Crippen LogP contribution is -2.33. The largest absolute Gasteiger partial charge is 0.493 e. The van der Waals surface area contributed by atoms with Crippen molar-refractivity contribution in [3.05, 3.63) is 87.0 Å². The van der Waals surface area contributed by atoms with Gasteiger partial charge in [0, 0.05) is 28.6 Å². The van der Waals surface area contributed by atoms with E-state index < -0.39 is 5.82 Å². The van der Waals surface area contributed by atoms with Gasteiger partial charge in [0.1, 0.15) is 11.5 Å². The number of nitrogens with zero attached hydrogens (tertiary/aromatic N) is 2. The van der Waals surface area contributed by atoms with E-state index >= 15 is 4.39 Å². The maximum atomic E-state index is 15.4. The number of aromatic nitrogens is 2. The zero-order chi connectivity index (χ0) is 26.6. The third-order valence-electron chi connectivity index (χ3n) is 6.49. The van der Waals surface area contributed by atoms with Crippen LogP contribution in [0.4, 0.5) is 4.39 Å². The van der Waals surface area contributed by atoms with Gasteiger partial charge in [-0.3, -0.25) is 0 Å². The van der Waals surface area contributed by atoms with Crippen LogP contribution in [0.25, 0.3) is 11.5 Å². The first-order valence-corrected chi connectivity index (χ1v) is 13.3. The minimum absolute atomic E-state index is 0.0800. The summed E-state index contributed by atoms with van der Waals surface area (Å²) in [6.45, 7) is 6.60. The van der Waals surface area contributed by atoms with Gasteiger partial charge in [0.05, 0.1) is 18.1 Å². The van der Waals surface area contributed by atoms with E-state index in [0.717, 1.165) is 35.5 Å². The van der Waals surface area contributed by atoms with E-state index in [-0.39, 0.29) is 23.1 Å². The van der Waals surface area contributed by atoms with Gasteiger partial charge in [-0.15, -0.1) is 10.2 Å². The van der Waals surface area contributed by atoms with Gasteiger partial charge in [-0.05, 0) is 86.8 Å². The first kappa shape index (κ1) is 26.5. The summed E-state index contributed by atoms with van der Waals surface area (Å²) in [5.41, 5.74) is 2.95. The molecule has 198 valence electrons. The van der Waals surface area contributed by atoms with Crippen LogP contribution in [0.3, 0.4) is 0 Å². The Morgan fingerprint density at radius 3 is 2.68 bits per heavy atom. The Morgan fingerprint density at radius 1 is 1.05 bits per heavy atom. The zero-order valence-corrected chi connectivity index (χ0v) is 22.7. The van der Waals surface area contributed by atoms with Crippen molar-refractivity contribution in [3.8, 4) is 28.7 Å². The molecule has 0 saturated carbocycles. The number of nitrogens with one attached hydrogen (secondary N) is 1. The van der Waals surface area contributed by atoms with Crippen LogP contribution in [0.5, 0.6) is 17.2 Å². The Hall–Kier alpha value is -3.13. The summed E-state index contributed by atoms with van der Waals surface area (Å²) in [5, 5.41) is 12.4. The molecule has 1 aliphatic heterocycles. The van der Waals surface area contributed by atoms with E-state index in [1.807, 2.05) is 32.0 Å². The highest BCUT2D eigenvalue weighted by atomic mass is 35.5. The van der Waals surface area contributed by atoms with Crippen molar-refractivity contribution < 1.29 is 18.3 Å². The van der Waals surface area contributed by atoms with Crippen LogP contribution in [-0.2, 0) is 6.42 Å². The Morgan fingerprint density at radius 2 is 1.92 bits per heavy atom. The van der Waals surface area contributed by atoms with E-state index in [1.165, 1.54) is 12.8 Å². The Labute approximate surface area is 231 Å². The lowest BCUT2D eigenvalue weighted by atomic mass is 10.0. The zero-order valence-electron chi connectivity index (χ0n) is 21.2. The van der Waals surface area contributed by atoms with Crippen molar-refractivity contribution in [2.24, 2.45) is 5.92 Å². The van der Waals surface area contributed by atoms with Crippen LogP contribution in [0.2, 0.25) is 10.0 Å². The Balaban J connectivity index is 1.29. The molecule has 1 atom stereocenters. The van der Waals surface area contributed by atoms with Gasteiger partial charge in [-0.1, -0.05) is 29.3 Å². The third kappa shape index (κ3) is 6.29. The Bertz CT molecular complexity index is 1420. The second kappa shape index (κ2) is 11.7. The number of ether oxygens (including phenoxy) is 2. The van der Waals surface area contributed by atoms with Gasteiger partial charge < -0.3 is 19.2 Å². The molecular formula is C29H28Cl2FN3O3. The highest BCUT2D eigenvalue weighted by Gasteiger charge is 2.19. The maximum Gasteiger partial charge on any atom is 0.248 e. The molecule has 3 aromatic carbocycles. The quantitative estimate of drug-likeness (QED) is 0.242. The first-order chi connectivity index (χ1) is 18.4. The predicted molar refractivity (Wildman–Crippen MR) is 146 cm³/mol. The minimum Gasteiger partial charge on any atom is -0.493 e. The van der Waals surface area contributed by atoms with Crippen LogP contribution in [0.15, 0.2) is 52.9 Å². The molecule has 5 rings (SSSR count). The second-order valence-electron chi connectivity index (χ2n) is 9.59. The van der Waals surface area contributed by atoms with Crippen LogP contribution in [-0.4, -0.2) is 29.9 Å². The molecule has 38 heavy (non-hydrogen) atoms. The van der Waals surface area contributed by atoms with Crippen molar-refractivity contribution in [3.63, 3.8) is 0 Å². The number of halogens is 3. The van der Waals surface area contributed by atoms with Gasteiger partial charge in [0.15, 0.2) is 11.6 Å². The standard InChI is InChI=1S/C29H28Cl2FN3O3/c1-17-10-21(30)14-23(11-17)37-28-25(31)8-5-20(27(28)32)13-26-34-35-29(38-26)24-7-6-22(12-18(24)2)36-16-19-4-3-9-33-15-19/h5-8,10-12,14,19,33H,3-4,9,13,15-16H2,1-2H3/t19-/m1/s1. The summed E-state index contributed by atoms with van der Waals surface area (Å²) >= 11 is 12.4. The van der Waals surface area contributed by atoms with E-state index in [4.69, 9.17) is 37.1 Å². The fraction of sp³-hybridized carbons (Fsp3) is 0.310. The third-order valence-corrected chi connectivity index (χ3v) is 7.00. The molecule has 1 saturated heterocycles. The summed E-state index contributed by atoms with van der Waals surface area (Å²) < 4.78 is 33.1. The minimum atomic E-state index is -0.597. The van der Waals surface area contributed by atoms with Crippen LogP contribution in [0.1, 0.15) is 35.4 Å². The van der Waals surface area contributed by atoms with Crippen LogP contribution >= 0.6 is 23.2 Å². The topological polar surface area (TPSA) is 69.4 Å². The second-order valence-corrected chi connectivity index (χ2v) is 10.4. The molecule has 9 heteroatoms. The molecular weight excluding hydrogens is 528 g/mol. The van der Waals surface area contributed by atoms with Crippen molar-refractivity contribution in [1.29, 1.82) is 0 Å². The molecule has 1 aromatic heterocycles. The molecule has 0 amide bonds. The van der Waals surface area contributed by atoms with E-state index in [0.29, 0.717) is 34.8 Å². The van der Waals surface area contributed by atoms with Crippen molar-refractivity contribution in [1.82, 2.24) is 15.5 Å². The van der Waals surface area contributed by atoms with Gasteiger partial charge in [-0.25, -0.2) is 4.39 Å². The molecule has 0 spiro atoms. The first-order valence-electron chi connectivity index (χ1n) is 12.5. The molecule has 0 bridgehead atoms. The molecule has 1 fully saturated rings. The van der Waals surface area contributed by atoms with Gasteiger partial charge in [0.25, 0.3) is 0 Å². The summed E-state index contributed by atoms with van der Waals surface area (Å²) in [6.07, 6.45) is 2.44. The molecule has 2 heterocycles. The number of piperidine rings is 1. The van der Waals surface area contributed by atoms with Crippen LogP contribution < -0.4 is 14.8 Å². The summed E-state index contributed by atoms with van der Waals surface area (Å²) in [6, 6.07) is 14.1. The highest BCUT2D eigenvalue weighted by molar-refractivity contribution is 6.32. The average Bonchev–Trinajstić information content (AvgIpc) is 3.35. The Kier molecular flexibility index (Phi) is 8.17. The smallest absolute Gasteiger partial charge is 0.248 e. The maximum absolute atomic E-state index is 15.4. The highest BCUT2D eigenvalue weighted by Crippen LogP contribution is 2.36. The van der Waals surface area contributed by atoms with Crippen molar-refractivity contribution in [2.75, 3.05) is 19.7 Å². The van der Waals surface area contributed by atoms with Gasteiger partial charge in [0.2, 0.25) is 11.8 Å². The fourth-order valence-corrected chi connectivity index (χ4v) is 4.99. The summed E-state index contributed by atoms with van der Waals surface area (Å²) in [7, 11) is 0. The molecule has 0 unspecified atom stereocenters. The van der Waals surface area contributed by atoms with E-state index in [9.17, 15) is 0 Å². The molecule has 6 nitrogen and oxygen atoms in total. The van der Waals surface area contributed by atoms with Crippen LogP contribution in [0, 0.1) is 25.6 Å². The fourth-order valence-electron chi connectivity index (χ4n) is 4.53. The average molecular weight is 556 g/mol. The summed E-state index contributed by atoms with van der Waals surface area (Å²) in [4.78, 5) is 0. The summed E-state index contributed by atoms with van der Waals surface area (Å²) in [5.74, 6) is 1.68. The SMILES string of the molecule is Cc1cc(Cl)cc(Oc2c(Cl)ccc(Cc3nnc(-c4ccc(OC[C@@H]5CCCNC5)cc4C)o3)c2F)c1. The van der Waals surface area contributed by atoms with Crippen molar-refractivity contribution >= 4 is 23.2 Å². The molecule has 0 radical (unpaired) electrons. The van der Waals surface area contributed by atoms with E-state index in [2.05, 4.69) is 15.5 Å². The monoisotopic (exact) mass is 555 g/mol. The van der Waals surface area contributed by atoms with Gasteiger partial charge >= 0.3 is 0 Å².